The van der Waals surface area contributed by atoms with Crippen molar-refractivity contribution in [3.8, 4) is 0 Å². The van der Waals surface area contributed by atoms with E-state index in [0.717, 1.165) is 25.3 Å². The first kappa shape index (κ1) is 14.5. The Morgan fingerprint density at radius 2 is 1.94 bits per heavy atom. The van der Waals surface area contributed by atoms with Crippen LogP contribution < -0.4 is 0 Å². The summed E-state index contributed by atoms with van der Waals surface area (Å²) < 4.78 is 0. The van der Waals surface area contributed by atoms with Crippen molar-refractivity contribution in [3.05, 3.63) is 30.1 Å². The predicted molar refractivity (Wildman–Crippen MR) is 77.6 cm³/mol. The van der Waals surface area contributed by atoms with Crippen molar-refractivity contribution in [2.24, 2.45) is 11.8 Å². The summed E-state index contributed by atoms with van der Waals surface area (Å²) in [6.07, 6.45) is 4.82. The fraction of sp³-hybridized carbons (Fsp3) is 0.643. The van der Waals surface area contributed by atoms with Crippen LogP contribution in [0.25, 0.3) is 0 Å². The van der Waals surface area contributed by atoms with Crippen molar-refractivity contribution in [1.29, 1.82) is 0 Å². The largest absolute Gasteiger partial charge is 0.306 e. The molecule has 1 heterocycles. The minimum Gasteiger partial charge on any atom is -0.306 e. The summed E-state index contributed by atoms with van der Waals surface area (Å²) in [5.74, 6) is 2.36. The van der Waals surface area contributed by atoms with Gasteiger partial charge in [0, 0.05) is 25.5 Å². The molecule has 0 aliphatic heterocycles. The average molecular weight is 252 g/mol. The quantitative estimate of drug-likeness (QED) is 0.751. The lowest BCUT2D eigenvalue weighted by molar-refractivity contribution is 0.255. The van der Waals surface area contributed by atoms with Gasteiger partial charge in [-0.1, -0.05) is 13.8 Å². The second-order valence-electron chi connectivity index (χ2n) is 5.05. The van der Waals surface area contributed by atoms with E-state index in [4.69, 9.17) is 0 Å². The Hall–Kier alpha value is -0.540. The molecule has 0 spiro atoms. The second kappa shape index (κ2) is 7.72. The van der Waals surface area contributed by atoms with Crippen molar-refractivity contribution >= 4 is 12.6 Å². The molecule has 1 atom stereocenters. The number of hydrogen-bond acceptors (Lipinski definition) is 3. The van der Waals surface area contributed by atoms with Crippen LogP contribution in [0.4, 0.5) is 0 Å². The van der Waals surface area contributed by atoms with Gasteiger partial charge in [0.25, 0.3) is 0 Å². The first-order valence-electron chi connectivity index (χ1n) is 6.31. The van der Waals surface area contributed by atoms with Crippen molar-refractivity contribution in [1.82, 2.24) is 9.88 Å². The number of thiol groups is 1. The standard InChI is InChI=1S/C14H24N2S/c1-12(2)14(11-17)10-16(3)9-6-13-4-7-15-8-5-13/h4-5,7-8,12,14,17H,6,9-11H2,1-3H3. The van der Waals surface area contributed by atoms with E-state index in [2.05, 4.69) is 55.5 Å². The maximum absolute atomic E-state index is 4.43. The highest BCUT2D eigenvalue weighted by molar-refractivity contribution is 7.80. The van der Waals surface area contributed by atoms with Crippen molar-refractivity contribution in [2.45, 2.75) is 20.3 Å². The van der Waals surface area contributed by atoms with Gasteiger partial charge in [0.05, 0.1) is 0 Å². The molecule has 17 heavy (non-hydrogen) atoms. The Bertz CT molecular complexity index is 300. The minimum absolute atomic E-state index is 0.681. The third-order valence-corrected chi connectivity index (χ3v) is 3.72. The Kier molecular flexibility index (Phi) is 6.60. The van der Waals surface area contributed by atoms with E-state index in [9.17, 15) is 0 Å². The fourth-order valence-corrected chi connectivity index (χ4v) is 2.38. The predicted octanol–water partition coefficient (Wildman–Crippen LogP) is 2.76. The van der Waals surface area contributed by atoms with Gasteiger partial charge in [-0.05, 0) is 48.8 Å². The molecule has 2 nitrogen and oxygen atoms in total. The van der Waals surface area contributed by atoms with Gasteiger partial charge in [0.2, 0.25) is 0 Å². The molecule has 1 rings (SSSR count). The number of nitrogens with zero attached hydrogens (tertiary/aromatic N) is 2. The Morgan fingerprint density at radius 1 is 1.29 bits per heavy atom. The minimum atomic E-state index is 0.681. The van der Waals surface area contributed by atoms with Gasteiger partial charge in [0.15, 0.2) is 0 Å². The Balaban J connectivity index is 2.32. The molecular formula is C14H24N2S. The third kappa shape index (κ3) is 5.55. The molecule has 0 aliphatic rings. The molecule has 0 aliphatic carbocycles. The van der Waals surface area contributed by atoms with E-state index < -0.39 is 0 Å². The molecule has 1 unspecified atom stereocenters. The molecule has 0 amide bonds. The SMILES string of the molecule is CC(C)C(CS)CN(C)CCc1ccncc1. The third-order valence-electron chi connectivity index (χ3n) is 3.26. The van der Waals surface area contributed by atoms with Crippen LogP contribution in [-0.2, 0) is 6.42 Å². The maximum Gasteiger partial charge on any atom is 0.0270 e. The number of hydrogen-bond donors (Lipinski definition) is 1. The van der Waals surface area contributed by atoms with Crippen LogP contribution in [0.2, 0.25) is 0 Å². The molecule has 0 radical (unpaired) electrons. The lowest BCUT2D eigenvalue weighted by Crippen LogP contribution is -2.31. The molecule has 0 saturated heterocycles. The molecular weight excluding hydrogens is 228 g/mol. The maximum atomic E-state index is 4.43. The monoisotopic (exact) mass is 252 g/mol. The molecule has 0 aromatic carbocycles. The van der Waals surface area contributed by atoms with E-state index in [1.807, 2.05) is 12.4 Å². The van der Waals surface area contributed by atoms with Crippen molar-refractivity contribution in [2.75, 3.05) is 25.9 Å². The summed E-state index contributed by atoms with van der Waals surface area (Å²) in [6.45, 7) is 6.78. The zero-order valence-corrected chi connectivity index (χ0v) is 12.0. The molecule has 1 aromatic heterocycles. The normalized spacial score (nSPS) is 13.3. The zero-order chi connectivity index (χ0) is 12.7. The number of likely N-dealkylation sites (N-methyl/N-ethyl adjacent to an activating group) is 1. The summed E-state index contributed by atoms with van der Waals surface area (Å²) in [5, 5.41) is 0. The summed E-state index contributed by atoms with van der Waals surface area (Å²) in [6, 6.07) is 4.18. The highest BCUT2D eigenvalue weighted by atomic mass is 32.1. The van der Waals surface area contributed by atoms with E-state index >= 15 is 0 Å². The molecule has 0 N–H and O–H groups in total. The fourth-order valence-electron chi connectivity index (χ4n) is 1.84. The van der Waals surface area contributed by atoms with Crippen molar-refractivity contribution < 1.29 is 0 Å². The summed E-state index contributed by atoms with van der Waals surface area (Å²) >= 11 is 4.43. The molecule has 0 bridgehead atoms. The van der Waals surface area contributed by atoms with Gasteiger partial charge >= 0.3 is 0 Å². The van der Waals surface area contributed by atoms with E-state index in [-0.39, 0.29) is 0 Å². The van der Waals surface area contributed by atoms with Crippen molar-refractivity contribution in [3.63, 3.8) is 0 Å². The van der Waals surface area contributed by atoms with Gasteiger partial charge < -0.3 is 4.90 Å². The second-order valence-corrected chi connectivity index (χ2v) is 5.42. The van der Waals surface area contributed by atoms with Gasteiger partial charge in [-0.15, -0.1) is 0 Å². The van der Waals surface area contributed by atoms with E-state index in [0.29, 0.717) is 11.8 Å². The number of rotatable bonds is 7. The summed E-state index contributed by atoms with van der Waals surface area (Å²) in [4.78, 5) is 6.44. The Labute approximate surface area is 111 Å². The average Bonchev–Trinajstić information content (AvgIpc) is 2.34. The van der Waals surface area contributed by atoms with Crippen LogP contribution in [0, 0.1) is 11.8 Å². The van der Waals surface area contributed by atoms with Crippen LogP contribution in [-0.4, -0.2) is 35.8 Å². The highest BCUT2D eigenvalue weighted by Gasteiger charge is 2.13. The Morgan fingerprint density at radius 3 is 2.47 bits per heavy atom. The highest BCUT2D eigenvalue weighted by Crippen LogP contribution is 2.13. The summed E-state index contributed by atoms with van der Waals surface area (Å²) in [7, 11) is 2.19. The van der Waals surface area contributed by atoms with Gasteiger partial charge in [-0.2, -0.15) is 12.6 Å². The smallest absolute Gasteiger partial charge is 0.0270 e. The first-order chi connectivity index (χ1) is 8.13. The number of pyridine rings is 1. The lowest BCUT2D eigenvalue weighted by atomic mass is 9.97. The molecule has 3 heteroatoms. The van der Waals surface area contributed by atoms with E-state index in [1.54, 1.807) is 0 Å². The molecule has 0 fully saturated rings. The summed E-state index contributed by atoms with van der Waals surface area (Å²) in [5.41, 5.74) is 1.36. The van der Waals surface area contributed by atoms with Crippen LogP contribution in [0.5, 0.6) is 0 Å². The van der Waals surface area contributed by atoms with Crippen LogP contribution in [0.15, 0.2) is 24.5 Å². The van der Waals surface area contributed by atoms with E-state index in [1.165, 1.54) is 5.56 Å². The van der Waals surface area contributed by atoms with Gasteiger partial charge in [-0.25, -0.2) is 0 Å². The molecule has 1 aromatic rings. The van der Waals surface area contributed by atoms with Gasteiger partial charge in [-0.3, -0.25) is 4.98 Å². The molecule has 0 saturated carbocycles. The zero-order valence-electron chi connectivity index (χ0n) is 11.1. The van der Waals surface area contributed by atoms with Crippen LogP contribution >= 0.6 is 12.6 Å². The molecule has 96 valence electrons. The van der Waals surface area contributed by atoms with Gasteiger partial charge in [0.1, 0.15) is 0 Å². The lowest BCUT2D eigenvalue weighted by Gasteiger charge is -2.25. The topological polar surface area (TPSA) is 16.1 Å². The van der Waals surface area contributed by atoms with Crippen LogP contribution in [0.1, 0.15) is 19.4 Å². The number of aromatic nitrogens is 1. The first-order valence-corrected chi connectivity index (χ1v) is 6.95. The van der Waals surface area contributed by atoms with Crippen LogP contribution in [0.3, 0.4) is 0 Å².